The molecule has 0 aromatic heterocycles. The van der Waals surface area contributed by atoms with Gasteiger partial charge in [-0.2, -0.15) is 0 Å². The third kappa shape index (κ3) is 5.56. The number of rotatable bonds is 5. The average molecular weight is 442 g/mol. The Morgan fingerprint density at radius 3 is 2.53 bits per heavy atom. The van der Waals surface area contributed by atoms with E-state index in [0.717, 1.165) is 28.9 Å². The van der Waals surface area contributed by atoms with Gasteiger partial charge in [-0.1, -0.05) is 15.9 Å². The first-order chi connectivity index (χ1) is 8.62. The van der Waals surface area contributed by atoms with Crippen LogP contribution in [0.5, 0.6) is 5.75 Å². The second-order valence-electron chi connectivity index (χ2n) is 3.80. The third-order valence-electron chi connectivity index (χ3n) is 2.74. The molecular weight excluding hydrogens is 421 g/mol. The summed E-state index contributed by atoms with van der Waals surface area (Å²) >= 11 is 3.44. The number of halogens is 2. The summed E-state index contributed by atoms with van der Waals surface area (Å²) < 4.78 is 6.31. The molecule has 0 saturated carbocycles. The zero-order valence-corrected chi connectivity index (χ0v) is 15.4. The molecule has 4 nitrogen and oxygen atoms in total. The Balaban J connectivity index is 0.00000324. The van der Waals surface area contributed by atoms with Crippen molar-refractivity contribution in [3.05, 3.63) is 28.2 Å². The van der Waals surface area contributed by atoms with Gasteiger partial charge in [0.05, 0.1) is 13.7 Å². The standard InChI is InChI=1S/C13H20BrN3O.HI/c1-4-17(5-2)13(15)16-9-10-8-11(14)6-7-12(10)18-3;/h6-8H,4-5,9H2,1-3H3,(H2,15,16);1H. The van der Waals surface area contributed by atoms with Crippen LogP contribution in [0.25, 0.3) is 0 Å². The van der Waals surface area contributed by atoms with Crippen LogP contribution in [0, 0.1) is 0 Å². The van der Waals surface area contributed by atoms with Gasteiger partial charge in [-0.05, 0) is 32.0 Å². The predicted molar refractivity (Wildman–Crippen MR) is 94.4 cm³/mol. The van der Waals surface area contributed by atoms with Crippen LogP contribution in [-0.4, -0.2) is 31.1 Å². The first-order valence-electron chi connectivity index (χ1n) is 5.99. The Labute approximate surface area is 140 Å². The van der Waals surface area contributed by atoms with E-state index < -0.39 is 0 Å². The van der Waals surface area contributed by atoms with Crippen molar-refractivity contribution in [3.8, 4) is 5.75 Å². The lowest BCUT2D eigenvalue weighted by molar-refractivity contribution is 0.409. The van der Waals surface area contributed by atoms with Crippen molar-refractivity contribution in [2.75, 3.05) is 20.2 Å². The van der Waals surface area contributed by atoms with Crippen molar-refractivity contribution < 1.29 is 4.74 Å². The van der Waals surface area contributed by atoms with Crippen molar-refractivity contribution in [2.24, 2.45) is 10.7 Å². The SMILES string of the molecule is CCN(CC)C(N)=NCc1cc(Br)ccc1OC.I. The molecule has 6 heteroatoms. The fourth-order valence-electron chi connectivity index (χ4n) is 1.68. The molecule has 0 radical (unpaired) electrons. The highest BCUT2D eigenvalue weighted by atomic mass is 127. The van der Waals surface area contributed by atoms with Crippen LogP contribution in [0.1, 0.15) is 19.4 Å². The van der Waals surface area contributed by atoms with Crippen molar-refractivity contribution in [1.82, 2.24) is 4.90 Å². The summed E-state index contributed by atoms with van der Waals surface area (Å²) in [6, 6.07) is 5.86. The Bertz CT molecular complexity index is 422. The van der Waals surface area contributed by atoms with E-state index in [-0.39, 0.29) is 24.0 Å². The summed E-state index contributed by atoms with van der Waals surface area (Å²) in [4.78, 5) is 6.42. The number of hydrogen-bond acceptors (Lipinski definition) is 2. The first-order valence-corrected chi connectivity index (χ1v) is 6.78. The van der Waals surface area contributed by atoms with E-state index in [0.29, 0.717) is 12.5 Å². The molecule has 108 valence electrons. The van der Waals surface area contributed by atoms with Gasteiger partial charge in [0, 0.05) is 23.1 Å². The van der Waals surface area contributed by atoms with Crippen LogP contribution in [0.2, 0.25) is 0 Å². The number of hydrogen-bond donors (Lipinski definition) is 1. The number of aliphatic imine (C=N–C) groups is 1. The summed E-state index contributed by atoms with van der Waals surface area (Å²) in [7, 11) is 1.66. The Kier molecular flexibility index (Phi) is 9.16. The normalized spacial score (nSPS) is 10.8. The third-order valence-corrected chi connectivity index (χ3v) is 3.23. The molecule has 0 spiro atoms. The minimum Gasteiger partial charge on any atom is -0.496 e. The Morgan fingerprint density at radius 2 is 2.00 bits per heavy atom. The van der Waals surface area contributed by atoms with Crippen LogP contribution in [0.4, 0.5) is 0 Å². The van der Waals surface area contributed by atoms with Gasteiger partial charge in [-0.15, -0.1) is 24.0 Å². The highest BCUT2D eigenvalue weighted by Gasteiger charge is 2.05. The van der Waals surface area contributed by atoms with Gasteiger partial charge in [0.2, 0.25) is 0 Å². The number of methoxy groups -OCH3 is 1. The van der Waals surface area contributed by atoms with Crippen LogP contribution >= 0.6 is 39.9 Å². The van der Waals surface area contributed by atoms with Crippen LogP contribution in [0.15, 0.2) is 27.7 Å². The number of ether oxygens (including phenoxy) is 1. The second kappa shape index (κ2) is 9.41. The summed E-state index contributed by atoms with van der Waals surface area (Å²) in [6.07, 6.45) is 0. The highest BCUT2D eigenvalue weighted by molar-refractivity contribution is 14.0. The van der Waals surface area contributed by atoms with Gasteiger partial charge in [0.1, 0.15) is 5.75 Å². The molecule has 0 aliphatic carbocycles. The molecule has 0 heterocycles. The number of nitrogens with two attached hydrogens (primary N) is 1. The lowest BCUT2D eigenvalue weighted by atomic mass is 10.2. The van der Waals surface area contributed by atoms with E-state index in [1.54, 1.807) is 7.11 Å². The monoisotopic (exact) mass is 441 g/mol. The molecule has 0 bridgehead atoms. The van der Waals surface area contributed by atoms with Gasteiger partial charge in [0.15, 0.2) is 5.96 Å². The first kappa shape index (κ1) is 18.5. The zero-order chi connectivity index (χ0) is 13.5. The summed E-state index contributed by atoms with van der Waals surface area (Å²) in [5, 5.41) is 0. The molecule has 0 aliphatic heterocycles. The molecule has 0 atom stereocenters. The summed E-state index contributed by atoms with van der Waals surface area (Å²) in [5.41, 5.74) is 6.96. The van der Waals surface area contributed by atoms with E-state index >= 15 is 0 Å². The van der Waals surface area contributed by atoms with Gasteiger partial charge < -0.3 is 15.4 Å². The van der Waals surface area contributed by atoms with Gasteiger partial charge in [-0.25, -0.2) is 4.99 Å². The molecule has 0 unspecified atom stereocenters. The van der Waals surface area contributed by atoms with Crippen LogP contribution in [-0.2, 0) is 6.54 Å². The topological polar surface area (TPSA) is 50.8 Å². The average Bonchev–Trinajstić information content (AvgIpc) is 2.38. The molecule has 0 saturated heterocycles. The minimum atomic E-state index is 0. The number of nitrogens with zero attached hydrogens (tertiary/aromatic N) is 2. The molecule has 0 amide bonds. The largest absolute Gasteiger partial charge is 0.496 e. The molecule has 1 aromatic carbocycles. The maximum absolute atomic E-state index is 5.94. The molecule has 1 rings (SSSR count). The Hall–Kier alpha value is -0.500. The highest BCUT2D eigenvalue weighted by Crippen LogP contribution is 2.23. The summed E-state index contributed by atoms with van der Waals surface area (Å²) in [6.45, 7) is 6.37. The fourth-order valence-corrected chi connectivity index (χ4v) is 2.09. The number of guanidine groups is 1. The maximum atomic E-state index is 5.94. The van der Waals surface area contributed by atoms with E-state index in [1.807, 2.05) is 23.1 Å². The predicted octanol–water partition coefficient (Wildman–Crippen LogP) is 3.23. The molecular formula is C13H21BrIN3O. The molecule has 0 fully saturated rings. The van der Waals surface area contributed by atoms with E-state index in [4.69, 9.17) is 10.5 Å². The summed E-state index contributed by atoms with van der Waals surface area (Å²) in [5.74, 6) is 1.40. The van der Waals surface area contributed by atoms with E-state index in [9.17, 15) is 0 Å². The second-order valence-corrected chi connectivity index (χ2v) is 4.72. The van der Waals surface area contributed by atoms with Crippen LogP contribution in [0.3, 0.4) is 0 Å². The fraction of sp³-hybridized carbons (Fsp3) is 0.462. The smallest absolute Gasteiger partial charge is 0.191 e. The minimum absolute atomic E-state index is 0. The van der Waals surface area contributed by atoms with E-state index in [1.165, 1.54) is 0 Å². The molecule has 2 N–H and O–H groups in total. The van der Waals surface area contributed by atoms with Crippen molar-refractivity contribution in [3.63, 3.8) is 0 Å². The quantitative estimate of drug-likeness (QED) is 0.433. The molecule has 19 heavy (non-hydrogen) atoms. The maximum Gasteiger partial charge on any atom is 0.191 e. The van der Waals surface area contributed by atoms with Gasteiger partial charge in [0.25, 0.3) is 0 Å². The molecule has 0 aliphatic rings. The van der Waals surface area contributed by atoms with Crippen molar-refractivity contribution >= 4 is 45.9 Å². The lowest BCUT2D eigenvalue weighted by Crippen LogP contribution is -2.37. The van der Waals surface area contributed by atoms with E-state index in [2.05, 4.69) is 34.8 Å². The van der Waals surface area contributed by atoms with Gasteiger partial charge >= 0.3 is 0 Å². The number of benzene rings is 1. The van der Waals surface area contributed by atoms with Gasteiger partial charge in [-0.3, -0.25) is 0 Å². The lowest BCUT2D eigenvalue weighted by Gasteiger charge is -2.19. The van der Waals surface area contributed by atoms with Crippen molar-refractivity contribution in [2.45, 2.75) is 20.4 Å². The van der Waals surface area contributed by atoms with Crippen LogP contribution < -0.4 is 10.5 Å². The van der Waals surface area contributed by atoms with Crippen molar-refractivity contribution in [1.29, 1.82) is 0 Å². The Morgan fingerprint density at radius 1 is 1.37 bits per heavy atom. The zero-order valence-electron chi connectivity index (χ0n) is 11.5. The molecule has 1 aromatic rings.